The van der Waals surface area contributed by atoms with Crippen LogP contribution in [0.1, 0.15) is 105 Å². The molecule has 22 heteroatoms. The molecule has 2 aliphatic heterocycles. The number of hydrazine groups is 1. The summed E-state index contributed by atoms with van der Waals surface area (Å²) in [6, 6.07) is 8.68. The van der Waals surface area contributed by atoms with Gasteiger partial charge in [-0.25, -0.2) is 14.6 Å². The van der Waals surface area contributed by atoms with Gasteiger partial charge < -0.3 is 50.2 Å². The number of carbonyl (C=O) groups is 8. The number of fused-ring (bicyclic) bond motifs is 3. The molecule has 0 spiro atoms. The minimum Gasteiger partial charge on any atom is -0.497 e. The van der Waals surface area contributed by atoms with E-state index in [0.29, 0.717) is 47.9 Å². The summed E-state index contributed by atoms with van der Waals surface area (Å²) < 4.78 is 15.9. The highest BCUT2D eigenvalue weighted by Gasteiger charge is 2.45. The van der Waals surface area contributed by atoms with E-state index in [1.54, 1.807) is 24.3 Å². The maximum absolute atomic E-state index is 14.1. The standard InChI is InChI=1S/C49H60N8O14/c1-4-55(5-2)31-16-14-29-23-33(48(67)70-38(29)25-31)43(62)52-28-40(58)50-20-10-8-6-7-9-11-21-51-45(64)36(27-42(60)61)54-46(65)37-13-12-22-56-41(59)19-18-35(47(66)57(37)56)53-44(63)34-24-30-15-17-32(69-3)26-39(30)71-49(34)68/h14-17,23-26,35-37H,4-13,18-22,27-28H2,1-3H3,(H,50,58)(H,51,64)(H,52,62)(H,53,63)(H,54,65)(H,60,61)/t35-,36-,37-/m0/s1. The summed E-state index contributed by atoms with van der Waals surface area (Å²) in [5.74, 6) is -5.91. The number of nitrogens with zero attached hydrogens (tertiary/aromatic N) is 3. The maximum atomic E-state index is 14.1. The molecule has 7 amide bonds. The van der Waals surface area contributed by atoms with Crippen molar-refractivity contribution in [2.75, 3.05) is 51.3 Å². The van der Waals surface area contributed by atoms with E-state index in [4.69, 9.17) is 13.6 Å². The average molecular weight is 985 g/mol. The van der Waals surface area contributed by atoms with Crippen LogP contribution < -0.4 is 47.5 Å². The quantitative estimate of drug-likeness (QED) is 0.0459. The lowest BCUT2D eigenvalue weighted by Crippen LogP contribution is -2.65. The lowest BCUT2D eigenvalue weighted by molar-refractivity contribution is -0.176. The predicted octanol–water partition coefficient (Wildman–Crippen LogP) is 2.34. The highest BCUT2D eigenvalue weighted by molar-refractivity contribution is 6.02. The molecule has 2 aromatic heterocycles. The molecule has 0 aliphatic carbocycles. The van der Waals surface area contributed by atoms with E-state index >= 15 is 0 Å². The van der Waals surface area contributed by atoms with Crippen LogP contribution in [0.2, 0.25) is 0 Å². The molecule has 71 heavy (non-hydrogen) atoms. The van der Waals surface area contributed by atoms with Crippen LogP contribution in [0.4, 0.5) is 5.69 Å². The zero-order valence-corrected chi connectivity index (χ0v) is 40.0. The third-order valence-corrected chi connectivity index (χ3v) is 12.4. The van der Waals surface area contributed by atoms with Crippen molar-refractivity contribution in [3.05, 3.63) is 80.5 Å². The van der Waals surface area contributed by atoms with Crippen LogP contribution in [0.5, 0.6) is 5.75 Å². The van der Waals surface area contributed by atoms with E-state index in [9.17, 15) is 53.1 Å². The van der Waals surface area contributed by atoms with Gasteiger partial charge in [-0.05, 0) is 82.3 Å². The van der Waals surface area contributed by atoms with Crippen LogP contribution in [0.25, 0.3) is 21.9 Å². The van der Waals surface area contributed by atoms with Gasteiger partial charge in [0, 0.05) is 67.7 Å². The molecular formula is C49H60N8O14. The SMILES string of the molecule is CCN(CC)c1ccc2cc(C(=O)NCC(=O)NCCCCCCCCNC(=O)[C@H](CC(=O)O)NC(=O)[C@@H]3CCCN4C(=O)CC[C@H](NC(=O)c5cc6ccc(OC)cc6oc5=O)C(=O)N34)c(=O)oc2c1. The number of rotatable bonds is 23. The van der Waals surface area contributed by atoms with E-state index in [2.05, 4.69) is 31.5 Å². The maximum Gasteiger partial charge on any atom is 0.349 e. The fourth-order valence-electron chi connectivity index (χ4n) is 8.55. The Hall–Kier alpha value is -7.78. The first-order valence-corrected chi connectivity index (χ1v) is 23.9. The van der Waals surface area contributed by atoms with Gasteiger partial charge in [0.25, 0.3) is 17.7 Å². The summed E-state index contributed by atoms with van der Waals surface area (Å²) in [6.07, 6.45) is 3.66. The number of hydrogen-bond acceptors (Lipinski definition) is 14. The van der Waals surface area contributed by atoms with Gasteiger partial charge in [-0.2, -0.15) is 0 Å². The minimum atomic E-state index is -1.51. The van der Waals surface area contributed by atoms with Gasteiger partial charge >= 0.3 is 17.2 Å². The van der Waals surface area contributed by atoms with E-state index in [-0.39, 0.29) is 55.6 Å². The number of aliphatic carboxylic acids is 1. The van der Waals surface area contributed by atoms with Crippen LogP contribution in [-0.4, -0.2) is 127 Å². The summed E-state index contributed by atoms with van der Waals surface area (Å²) in [6.45, 7) is 5.92. The molecule has 0 bridgehead atoms. The first-order valence-electron chi connectivity index (χ1n) is 23.9. The number of nitrogens with one attached hydrogen (secondary N) is 5. The summed E-state index contributed by atoms with van der Waals surface area (Å²) in [5.41, 5.74) is -0.942. The van der Waals surface area contributed by atoms with Crippen LogP contribution >= 0.6 is 0 Å². The fraction of sp³-hybridized carbons (Fsp3) is 0.469. The second-order valence-electron chi connectivity index (χ2n) is 17.2. The number of methoxy groups -OCH3 is 1. The monoisotopic (exact) mass is 984 g/mol. The third-order valence-electron chi connectivity index (χ3n) is 12.4. The average Bonchev–Trinajstić information content (AvgIpc) is 3.47. The topological polar surface area (TPSA) is 296 Å². The fourth-order valence-corrected chi connectivity index (χ4v) is 8.55. The van der Waals surface area contributed by atoms with Crippen molar-refractivity contribution >= 4 is 74.9 Å². The van der Waals surface area contributed by atoms with E-state index in [0.717, 1.165) is 54.5 Å². The van der Waals surface area contributed by atoms with Gasteiger partial charge in [-0.1, -0.05) is 25.7 Å². The Morgan fingerprint density at radius 2 is 1.39 bits per heavy atom. The van der Waals surface area contributed by atoms with E-state index < -0.39 is 83.1 Å². The van der Waals surface area contributed by atoms with Crippen molar-refractivity contribution in [3.8, 4) is 5.75 Å². The van der Waals surface area contributed by atoms with Gasteiger partial charge in [0.05, 0.1) is 20.1 Å². The second kappa shape index (κ2) is 24.7. The number of hydrogen-bond donors (Lipinski definition) is 6. The lowest BCUT2D eigenvalue weighted by Gasteiger charge is -2.43. The molecule has 6 rings (SSSR count). The predicted molar refractivity (Wildman–Crippen MR) is 257 cm³/mol. The summed E-state index contributed by atoms with van der Waals surface area (Å²) in [4.78, 5) is 132. The molecular weight excluding hydrogens is 925 g/mol. The molecule has 2 aromatic carbocycles. The Bertz CT molecular complexity index is 2770. The Balaban J connectivity index is 0.907. The van der Waals surface area contributed by atoms with Crippen molar-refractivity contribution in [2.24, 2.45) is 0 Å². The Morgan fingerprint density at radius 3 is 2.04 bits per heavy atom. The van der Waals surface area contributed by atoms with Gasteiger partial charge in [-0.3, -0.25) is 43.4 Å². The van der Waals surface area contributed by atoms with Crippen LogP contribution in [0.3, 0.4) is 0 Å². The number of carboxylic acid groups (broad SMARTS) is 1. The Kier molecular flexibility index (Phi) is 18.3. The Morgan fingerprint density at radius 1 is 0.775 bits per heavy atom. The first kappa shape index (κ1) is 52.6. The van der Waals surface area contributed by atoms with Gasteiger partial charge in [0.1, 0.15) is 46.2 Å². The summed E-state index contributed by atoms with van der Waals surface area (Å²) in [7, 11) is 1.44. The third kappa shape index (κ3) is 13.5. The number of benzene rings is 2. The number of amides is 7. The number of anilines is 1. The highest BCUT2D eigenvalue weighted by Crippen LogP contribution is 2.27. The molecule has 0 radical (unpaired) electrons. The van der Waals surface area contributed by atoms with Gasteiger partial charge in [-0.15, -0.1) is 0 Å². The van der Waals surface area contributed by atoms with Crippen molar-refractivity contribution < 1.29 is 57.0 Å². The Labute approximate surface area is 407 Å². The molecule has 3 atom stereocenters. The minimum absolute atomic E-state index is 0.0679. The highest BCUT2D eigenvalue weighted by atomic mass is 16.5. The smallest absolute Gasteiger partial charge is 0.349 e. The molecule has 2 saturated heterocycles. The molecule has 6 N–H and O–H groups in total. The van der Waals surface area contributed by atoms with E-state index in [1.807, 2.05) is 19.9 Å². The number of ether oxygens (including phenoxy) is 1. The van der Waals surface area contributed by atoms with Crippen molar-refractivity contribution in [2.45, 2.75) is 103 Å². The first-order chi connectivity index (χ1) is 34.1. The molecule has 2 aliphatic rings. The van der Waals surface area contributed by atoms with Gasteiger partial charge in [0.15, 0.2) is 0 Å². The molecule has 4 aromatic rings. The molecule has 380 valence electrons. The molecule has 2 fully saturated rings. The van der Waals surface area contributed by atoms with Crippen molar-refractivity contribution in [1.82, 2.24) is 36.6 Å². The van der Waals surface area contributed by atoms with Crippen LogP contribution in [-0.2, 0) is 28.8 Å². The van der Waals surface area contributed by atoms with Crippen molar-refractivity contribution in [1.29, 1.82) is 0 Å². The zero-order chi connectivity index (χ0) is 51.2. The normalized spacial score (nSPS) is 16.1. The van der Waals surface area contributed by atoms with E-state index in [1.165, 1.54) is 25.3 Å². The number of carbonyl (C=O) groups excluding carboxylic acids is 7. The van der Waals surface area contributed by atoms with Crippen LogP contribution in [0.15, 0.2) is 67.0 Å². The number of carboxylic acids is 1. The second-order valence-corrected chi connectivity index (χ2v) is 17.2. The number of unbranched alkanes of at least 4 members (excludes halogenated alkanes) is 5. The molecule has 22 nitrogen and oxygen atoms in total. The summed E-state index contributed by atoms with van der Waals surface area (Å²) >= 11 is 0. The lowest BCUT2D eigenvalue weighted by atomic mass is 10.0. The molecule has 0 saturated carbocycles. The summed E-state index contributed by atoms with van der Waals surface area (Å²) in [5, 5.41) is 25.5. The van der Waals surface area contributed by atoms with Gasteiger partial charge in [0.2, 0.25) is 23.6 Å². The van der Waals surface area contributed by atoms with Crippen molar-refractivity contribution in [3.63, 3.8) is 0 Å². The molecule has 4 heterocycles. The zero-order valence-electron chi connectivity index (χ0n) is 40.0. The molecule has 0 unspecified atom stereocenters. The largest absolute Gasteiger partial charge is 0.497 e. The van der Waals surface area contributed by atoms with Crippen LogP contribution in [0, 0.1) is 0 Å².